The summed E-state index contributed by atoms with van der Waals surface area (Å²) in [4.78, 5) is 18.6. The van der Waals surface area contributed by atoms with Crippen molar-refractivity contribution in [3.63, 3.8) is 0 Å². The van der Waals surface area contributed by atoms with E-state index in [0.29, 0.717) is 23.8 Å². The molecule has 1 aliphatic heterocycles. The summed E-state index contributed by atoms with van der Waals surface area (Å²) in [6.45, 7) is 2.42. The van der Waals surface area contributed by atoms with Gasteiger partial charge >= 0.3 is 0 Å². The van der Waals surface area contributed by atoms with Crippen molar-refractivity contribution in [3.8, 4) is 11.3 Å². The second-order valence-electron chi connectivity index (χ2n) is 7.24. The molecule has 0 radical (unpaired) electrons. The molecule has 4 rings (SSSR count). The average molecular weight is 376 g/mol. The van der Waals surface area contributed by atoms with Gasteiger partial charge in [0, 0.05) is 43.2 Å². The number of rotatable bonds is 5. The summed E-state index contributed by atoms with van der Waals surface area (Å²) in [5, 5.41) is 7.53. The van der Waals surface area contributed by atoms with Crippen molar-refractivity contribution in [2.24, 2.45) is 0 Å². The van der Waals surface area contributed by atoms with E-state index in [-0.39, 0.29) is 5.91 Å². The average Bonchev–Trinajstić information content (AvgIpc) is 3.23. The van der Waals surface area contributed by atoms with Crippen LogP contribution in [-0.2, 0) is 6.54 Å². The van der Waals surface area contributed by atoms with Gasteiger partial charge in [-0.15, -0.1) is 0 Å². The Morgan fingerprint density at radius 3 is 2.89 bits per heavy atom. The van der Waals surface area contributed by atoms with Gasteiger partial charge in [0.25, 0.3) is 5.91 Å². The summed E-state index contributed by atoms with van der Waals surface area (Å²) >= 11 is 0. The predicted molar refractivity (Wildman–Crippen MR) is 107 cm³/mol. The molecule has 3 heterocycles. The third-order valence-electron chi connectivity index (χ3n) is 5.18. The molecule has 6 nitrogen and oxygen atoms in total. The van der Waals surface area contributed by atoms with Crippen LogP contribution in [0.2, 0.25) is 0 Å². The minimum absolute atomic E-state index is 0.0209. The molecule has 1 atom stereocenters. The fourth-order valence-electron chi connectivity index (χ4n) is 3.63. The Morgan fingerprint density at radius 2 is 2.11 bits per heavy atom. The van der Waals surface area contributed by atoms with Crippen molar-refractivity contribution in [3.05, 3.63) is 71.7 Å². The van der Waals surface area contributed by atoms with Crippen LogP contribution in [0.3, 0.4) is 0 Å². The normalized spacial score (nSPS) is 16.7. The van der Waals surface area contributed by atoms with E-state index in [9.17, 15) is 4.79 Å². The van der Waals surface area contributed by atoms with Crippen LogP contribution < -0.4 is 5.32 Å². The lowest BCUT2D eigenvalue weighted by Gasteiger charge is -2.24. The lowest BCUT2D eigenvalue weighted by Crippen LogP contribution is -2.29. The number of nitrogens with zero attached hydrogens (tertiary/aromatic N) is 3. The first-order chi connectivity index (χ1) is 13.7. The van der Waals surface area contributed by atoms with E-state index in [4.69, 9.17) is 4.52 Å². The number of hydrogen-bond acceptors (Lipinski definition) is 5. The Hall–Kier alpha value is -2.99. The number of nitrogens with one attached hydrogen (secondary N) is 1. The summed E-state index contributed by atoms with van der Waals surface area (Å²) < 4.78 is 5.42. The van der Waals surface area contributed by atoms with Gasteiger partial charge in [-0.3, -0.25) is 9.78 Å². The van der Waals surface area contributed by atoms with Crippen molar-refractivity contribution in [2.45, 2.75) is 25.3 Å². The van der Waals surface area contributed by atoms with Crippen LogP contribution in [0.5, 0.6) is 0 Å². The highest BCUT2D eigenvalue weighted by Gasteiger charge is 2.19. The van der Waals surface area contributed by atoms with E-state index >= 15 is 0 Å². The number of carbonyl (C=O) groups is 1. The molecule has 0 spiro atoms. The summed E-state index contributed by atoms with van der Waals surface area (Å²) in [6.07, 6.45) is 5.77. The van der Waals surface area contributed by atoms with E-state index in [2.05, 4.69) is 21.5 Å². The van der Waals surface area contributed by atoms with Crippen molar-refractivity contribution in [2.75, 3.05) is 20.1 Å². The van der Waals surface area contributed by atoms with Crippen LogP contribution in [0.15, 0.2) is 59.4 Å². The molecule has 28 heavy (non-hydrogen) atoms. The van der Waals surface area contributed by atoms with Gasteiger partial charge in [-0.1, -0.05) is 17.3 Å². The quantitative estimate of drug-likeness (QED) is 0.738. The van der Waals surface area contributed by atoms with E-state index in [1.54, 1.807) is 24.3 Å². The van der Waals surface area contributed by atoms with Crippen LogP contribution in [0.1, 0.15) is 40.4 Å². The molecule has 1 saturated heterocycles. The molecular weight excluding hydrogens is 352 g/mol. The zero-order chi connectivity index (χ0) is 19.3. The maximum atomic E-state index is 12.9. The van der Waals surface area contributed by atoms with Gasteiger partial charge < -0.3 is 14.7 Å². The number of carbonyl (C=O) groups excluding carboxylic acids is 1. The van der Waals surface area contributed by atoms with Gasteiger partial charge in [-0.2, -0.15) is 0 Å². The second kappa shape index (κ2) is 8.35. The van der Waals surface area contributed by atoms with Crippen LogP contribution in [0.25, 0.3) is 11.3 Å². The molecule has 144 valence electrons. The zero-order valence-corrected chi connectivity index (χ0v) is 16.0. The highest BCUT2D eigenvalue weighted by molar-refractivity contribution is 5.94. The third kappa shape index (κ3) is 4.12. The van der Waals surface area contributed by atoms with Crippen LogP contribution in [0.4, 0.5) is 0 Å². The maximum absolute atomic E-state index is 12.9. The van der Waals surface area contributed by atoms with Gasteiger partial charge in [-0.05, 0) is 55.1 Å². The SMILES string of the molecule is CN(Cc1cc(-c2ccncc2)no1)C(=O)c1cccc(C2CCCNC2)c1. The number of hydrogen-bond donors (Lipinski definition) is 1. The number of pyridine rings is 1. The molecule has 2 aromatic heterocycles. The fraction of sp³-hybridized carbons (Fsp3) is 0.318. The molecule has 0 aliphatic carbocycles. The molecule has 1 amide bonds. The largest absolute Gasteiger partial charge is 0.359 e. The topological polar surface area (TPSA) is 71.3 Å². The lowest BCUT2D eigenvalue weighted by atomic mass is 9.90. The predicted octanol–water partition coefficient (Wildman–Crippen LogP) is 3.48. The van der Waals surface area contributed by atoms with E-state index < -0.39 is 0 Å². The van der Waals surface area contributed by atoms with Crippen LogP contribution in [0, 0.1) is 0 Å². The molecule has 1 unspecified atom stereocenters. The molecule has 6 heteroatoms. The fourth-order valence-corrected chi connectivity index (χ4v) is 3.63. The van der Waals surface area contributed by atoms with Gasteiger partial charge in [-0.25, -0.2) is 0 Å². The Balaban J connectivity index is 1.44. The van der Waals surface area contributed by atoms with Crippen molar-refractivity contribution in [1.29, 1.82) is 0 Å². The first-order valence-corrected chi connectivity index (χ1v) is 9.63. The number of aromatic nitrogens is 2. The third-order valence-corrected chi connectivity index (χ3v) is 5.18. The molecule has 0 saturated carbocycles. The summed E-state index contributed by atoms with van der Waals surface area (Å²) in [5.74, 6) is 1.10. The van der Waals surface area contributed by atoms with Gasteiger partial charge in [0.15, 0.2) is 5.76 Å². The Labute approximate surface area is 164 Å². The molecule has 1 N–H and O–H groups in total. The number of amides is 1. The van der Waals surface area contributed by atoms with Gasteiger partial charge in [0.2, 0.25) is 0 Å². The van der Waals surface area contributed by atoms with E-state index in [1.165, 1.54) is 12.0 Å². The Kier molecular flexibility index (Phi) is 5.48. The van der Waals surface area contributed by atoms with E-state index in [1.807, 2.05) is 36.4 Å². The maximum Gasteiger partial charge on any atom is 0.254 e. The Morgan fingerprint density at radius 1 is 1.25 bits per heavy atom. The van der Waals surface area contributed by atoms with Crippen LogP contribution in [-0.4, -0.2) is 41.1 Å². The van der Waals surface area contributed by atoms with E-state index in [0.717, 1.165) is 30.8 Å². The molecular formula is C22H24N4O2. The van der Waals surface area contributed by atoms with Gasteiger partial charge in [0.1, 0.15) is 5.69 Å². The van der Waals surface area contributed by atoms with Crippen LogP contribution >= 0.6 is 0 Å². The lowest BCUT2D eigenvalue weighted by molar-refractivity contribution is 0.0772. The summed E-state index contributed by atoms with van der Waals surface area (Å²) in [5.41, 5.74) is 3.61. The first-order valence-electron chi connectivity index (χ1n) is 9.63. The van der Waals surface area contributed by atoms with Gasteiger partial charge in [0.05, 0.1) is 6.54 Å². The molecule has 1 aromatic carbocycles. The first kappa shape index (κ1) is 18.4. The second-order valence-corrected chi connectivity index (χ2v) is 7.24. The molecule has 1 aliphatic rings. The smallest absolute Gasteiger partial charge is 0.254 e. The molecule has 0 bridgehead atoms. The van der Waals surface area contributed by atoms with Crippen molar-refractivity contribution < 1.29 is 9.32 Å². The highest BCUT2D eigenvalue weighted by atomic mass is 16.5. The van der Waals surface area contributed by atoms with Crippen molar-refractivity contribution >= 4 is 5.91 Å². The Bertz CT molecular complexity index is 932. The standard InChI is InChI=1S/C22H24N4O2/c1-26(15-20-13-21(25-28-20)16-7-10-23-11-8-16)22(27)18-5-2-4-17(12-18)19-6-3-9-24-14-19/h2,4-5,7-8,10-13,19,24H,3,6,9,14-15H2,1H3. The molecule has 1 fully saturated rings. The highest BCUT2D eigenvalue weighted by Crippen LogP contribution is 2.24. The van der Waals surface area contributed by atoms with Crippen molar-refractivity contribution in [1.82, 2.24) is 20.4 Å². The number of benzene rings is 1. The number of piperidine rings is 1. The summed E-state index contributed by atoms with van der Waals surface area (Å²) in [6, 6.07) is 13.6. The monoisotopic (exact) mass is 376 g/mol. The summed E-state index contributed by atoms with van der Waals surface area (Å²) in [7, 11) is 1.78. The minimum Gasteiger partial charge on any atom is -0.359 e. The molecule has 3 aromatic rings. The zero-order valence-electron chi connectivity index (χ0n) is 16.0. The minimum atomic E-state index is -0.0209.